The Balaban J connectivity index is 1.75. The van der Waals surface area contributed by atoms with Crippen LogP contribution in [0.15, 0.2) is 41.3 Å². The third-order valence-electron chi connectivity index (χ3n) is 4.28. The first-order valence-corrected chi connectivity index (χ1v) is 11.9. The monoisotopic (exact) mass is 586 g/mol. The number of carbonyl (C=O) groups is 3. The summed E-state index contributed by atoms with van der Waals surface area (Å²) >= 11 is 8.84. The van der Waals surface area contributed by atoms with Crippen molar-refractivity contribution in [2.45, 2.75) is 13.3 Å². The molecule has 168 valence electrons. The van der Waals surface area contributed by atoms with Crippen LogP contribution in [0.1, 0.15) is 18.9 Å². The highest BCUT2D eigenvalue weighted by molar-refractivity contribution is 14.1. The molecule has 2 aromatic rings. The van der Waals surface area contributed by atoms with Crippen LogP contribution in [0.25, 0.3) is 6.08 Å². The summed E-state index contributed by atoms with van der Waals surface area (Å²) in [5, 5.41) is 2.59. The van der Waals surface area contributed by atoms with Gasteiger partial charge in [0.05, 0.1) is 22.2 Å². The SMILES string of the molecule is CCCOc1c(I)cc(/C=C2\SC(=O)N(CC(=O)Nc3cccc(Cl)c3)C2=O)cc1OC. The van der Waals surface area contributed by atoms with Gasteiger partial charge in [0.1, 0.15) is 6.54 Å². The molecule has 2 aromatic carbocycles. The number of thioether (sulfide) groups is 1. The maximum Gasteiger partial charge on any atom is 0.294 e. The molecule has 0 unspecified atom stereocenters. The van der Waals surface area contributed by atoms with Crippen LogP contribution in [0, 0.1) is 3.57 Å². The van der Waals surface area contributed by atoms with Gasteiger partial charge in [-0.15, -0.1) is 0 Å². The number of hydrogen-bond donors (Lipinski definition) is 1. The molecule has 0 spiro atoms. The lowest BCUT2D eigenvalue weighted by molar-refractivity contribution is -0.127. The Morgan fingerprint density at radius 1 is 1.28 bits per heavy atom. The second kappa shape index (κ2) is 11.1. The Hall–Kier alpha value is -2.24. The number of nitrogens with one attached hydrogen (secondary N) is 1. The topological polar surface area (TPSA) is 84.9 Å². The highest BCUT2D eigenvalue weighted by Crippen LogP contribution is 2.37. The van der Waals surface area contributed by atoms with Gasteiger partial charge in [-0.05, 0) is 82.7 Å². The van der Waals surface area contributed by atoms with Gasteiger partial charge >= 0.3 is 0 Å². The third kappa shape index (κ3) is 5.96. The molecular formula is C22H20ClIN2O5S. The third-order valence-corrected chi connectivity index (χ3v) is 6.23. The normalized spacial score (nSPS) is 14.8. The van der Waals surface area contributed by atoms with Crippen LogP contribution in [-0.2, 0) is 9.59 Å². The predicted octanol–water partition coefficient (Wildman–Crippen LogP) is 5.42. The van der Waals surface area contributed by atoms with Crippen molar-refractivity contribution < 1.29 is 23.9 Å². The Bertz CT molecular complexity index is 1090. The van der Waals surface area contributed by atoms with Gasteiger partial charge in [-0.1, -0.05) is 24.6 Å². The molecule has 0 atom stereocenters. The smallest absolute Gasteiger partial charge is 0.294 e. The summed E-state index contributed by atoms with van der Waals surface area (Å²) in [6.45, 7) is 2.18. The van der Waals surface area contributed by atoms with Crippen molar-refractivity contribution in [3.05, 3.63) is 55.5 Å². The zero-order valence-corrected chi connectivity index (χ0v) is 21.0. The van der Waals surface area contributed by atoms with Crippen molar-refractivity contribution in [1.82, 2.24) is 4.90 Å². The molecule has 0 radical (unpaired) electrons. The Morgan fingerprint density at radius 2 is 2.06 bits per heavy atom. The molecule has 1 heterocycles. The molecule has 0 bridgehead atoms. The van der Waals surface area contributed by atoms with E-state index in [2.05, 4.69) is 27.9 Å². The lowest BCUT2D eigenvalue weighted by Gasteiger charge is -2.13. The number of rotatable bonds is 8. The highest BCUT2D eigenvalue weighted by atomic mass is 127. The van der Waals surface area contributed by atoms with Crippen LogP contribution in [-0.4, -0.2) is 42.2 Å². The van der Waals surface area contributed by atoms with Crippen LogP contribution in [0.4, 0.5) is 10.5 Å². The Labute approximate surface area is 208 Å². The standard InChI is InChI=1S/C22H20ClIN2O5S/c1-3-7-31-20-16(24)8-13(9-17(20)30-2)10-18-21(28)26(22(29)32-18)12-19(27)25-15-6-4-5-14(23)11-15/h4-6,8-11H,3,7,12H2,1-2H3,(H,25,27)/b18-10-. The molecular weight excluding hydrogens is 567 g/mol. The van der Waals surface area contributed by atoms with Gasteiger partial charge in [0.25, 0.3) is 11.1 Å². The Kier molecular flexibility index (Phi) is 8.44. The molecule has 1 saturated heterocycles. The molecule has 1 aliphatic heterocycles. The fourth-order valence-corrected chi connectivity index (χ4v) is 4.68. The van der Waals surface area contributed by atoms with E-state index in [9.17, 15) is 14.4 Å². The first-order valence-electron chi connectivity index (χ1n) is 9.63. The zero-order valence-electron chi connectivity index (χ0n) is 17.3. The lowest BCUT2D eigenvalue weighted by Crippen LogP contribution is -2.36. The molecule has 1 fully saturated rings. The van der Waals surface area contributed by atoms with E-state index in [1.165, 1.54) is 0 Å². The van der Waals surface area contributed by atoms with E-state index in [1.54, 1.807) is 43.5 Å². The molecule has 0 aromatic heterocycles. The van der Waals surface area contributed by atoms with E-state index in [4.69, 9.17) is 21.1 Å². The molecule has 0 aliphatic carbocycles. The fraction of sp³-hybridized carbons (Fsp3) is 0.227. The minimum Gasteiger partial charge on any atom is -0.493 e. The maximum atomic E-state index is 12.8. The molecule has 1 aliphatic rings. The van der Waals surface area contributed by atoms with Gasteiger partial charge in [-0.25, -0.2) is 0 Å². The molecule has 32 heavy (non-hydrogen) atoms. The summed E-state index contributed by atoms with van der Waals surface area (Å²) < 4.78 is 12.0. The van der Waals surface area contributed by atoms with E-state index >= 15 is 0 Å². The summed E-state index contributed by atoms with van der Waals surface area (Å²) in [6.07, 6.45) is 2.47. The number of imide groups is 1. The number of ether oxygens (including phenoxy) is 2. The quantitative estimate of drug-likeness (QED) is 0.329. The van der Waals surface area contributed by atoms with Gasteiger partial charge in [0, 0.05) is 10.7 Å². The summed E-state index contributed by atoms with van der Waals surface area (Å²) in [7, 11) is 1.54. The van der Waals surface area contributed by atoms with Crippen molar-refractivity contribution in [2.24, 2.45) is 0 Å². The Morgan fingerprint density at radius 3 is 2.75 bits per heavy atom. The predicted molar refractivity (Wildman–Crippen MR) is 134 cm³/mol. The second-order valence-corrected chi connectivity index (χ2v) is 9.30. The summed E-state index contributed by atoms with van der Waals surface area (Å²) in [6, 6.07) is 10.2. The van der Waals surface area contributed by atoms with Crippen LogP contribution in [0.3, 0.4) is 0 Å². The van der Waals surface area contributed by atoms with Gasteiger partial charge in [-0.3, -0.25) is 19.3 Å². The molecule has 10 heteroatoms. The number of methoxy groups -OCH3 is 1. The van der Waals surface area contributed by atoms with Gasteiger partial charge in [0.2, 0.25) is 5.91 Å². The second-order valence-electron chi connectivity index (χ2n) is 6.71. The van der Waals surface area contributed by atoms with E-state index in [0.717, 1.165) is 26.7 Å². The molecule has 0 saturated carbocycles. The van der Waals surface area contributed by atoms with E-state index in [1.807, 2.05) is 13.0 Å². The first-order chi connectivity index (χ1) is 15.3. The van der Waals surface area contributed by atoms with Crippen molar-refractivity contribution in [3.8, 4) is 11.5 Å². The number of anilines is 1. The van der Waals surface area contributed by atoms with Crippen molar-refractivity contribution >= 4 is 74.8 Å². The van der Waals surface area contributed by atoms with Gasteiger partial charge < -0.3 is 14.8 Å². The average Bonchev–Trinajstić information content (AvgIpc) is 3.00. The van der Waals surface area contributed by atoms with Gasteiger partial charge in [0.15, 0.2) is 11.5 Å². The van der Waals surface area contributed by atoms with Crippen molar-refractivity contribution in [3.63, 3.8) is 0 Å². The molecule has 7 nitrogen and oxygen atoms in total. The summed E-state index contributed by atoms with van der Waals surface area (Å²) in [5.74, 6) is 0.153. The number of nitrogens with zero attached hydrogens (tertiary/aromatic N) is 1. The minimum absolute atomic E-state index is 0.227. The number of amides is 3. The lowest BCUT2D eigenvalue weighted by atomic mass is 10.2. The molecule has 3 amide bonds. The average molecular weight is 587 g/mol. The summed E-state index contributed by atoms with van der Waals surface area (Å²) in [4.78, 5) is 38.6. The van der Waals surface area contributed by atoms with Gasteiger partial charge in [-0.2, -0.15) is 0 Å². The van der Waals surface area contributed by atoms with Crippen LogP contribution in [0.5, 0.6) is 11.5 Å². The van der Waals surface area contributed by atoms with Crippen LogP contribution in [0.2, 0.25) is 5.02 Å². The van der Waals surface area contributed by atoms with E-state index < -0.39 is 17.1 Å². The zero-order chi connectivity index (χ0) is 23.3. The number of carbonyl (C=O) groups excluding carboxylic acids is 3. The van der Waals surface area contributed by atoms with Crippen LogP contribution >= 0.6 is 46.0 Å². The largest absolute Gasteiger partial charge is 0.493 e. The first kappa shape index (κ1) is 24.4. The van der Waals surface area contributed by atoms with E-state index in [-0.39, 0.29) is 11.4 Å². The van der Waals surface area contributed by atoms with Crippen molar-refractivity contribution in [2.75, 3.05) is 25.6 Å². The van der Waals surface area contributed by atoms with Crippen LogP contribution < -0.4 is 14.8 Å². The number of hydrogen-bond acceptors (Lipinski definition) is 6. The summed E-state index contributed by atoms with van der Waals surface area (Å²) in [5.41, 5.74) is 1.17. The minimum atomic E-state index is -0.526. The molecule has 1 N–H and O–H groups in total. The molecule has 3 rings (SSSR count). The fourth-order valence-electron chi connectivity index (χ4n) is 2.87. The van der Waals surface area contributed by atoms with Crippen molar-refractivity contribution in [1.29, 1.82) is 0 Å². The maximum absolute atomic E-state index is 12.8. The highest BCUT2D eigenvalue weighted by Gasteiger charge is 2.36. The number of benzene rings is 2. The number of halogens is 2. The van der Waals surface area contributed by atoms with E-state index in [0.29, 0.717) is 34.4 Å².